The van der Waals surface area contributed by atoms with E-state index in [9.17, 15) is 10.1 Å². The van der Waals surface area contributed by atoms with Crippen molar-refractivity contribution in [3.63, 3.8) is 0 Å². The Morgan fingerprint density at radius 2 is 2.00 bits per heavy atom. The zero-order chi connectivity index (χ0) is 12.8. The van der Waals surface area contributed by atoms with Crippen LogP contribution in [0, 0.1) is 10.1 Å². The van der Waals surface area contributed by atoms with Crippen molar-refractivity contribution in [2.24, 2.45) is 0 Å². The molecule has 2 N–H and O–H groups in total. The summed E-state index contributed by atoms with van der Waals surface area (Å²) in [4.78, 5) is 10.8. The lowest BCUT2D eigenvalue weighted by molar-refractivity contribution is -0.383. The van der Waals surface area contributed by atoms with Crippen molar-refractivity contribution in [2.45, 2.75) is 33.2 Å². The fourth-order valence-electron chi connectivity index (χ4n) is 1.56. The topological polar surface area (TPSA) is 67.2 Å². The smallest absolute Gasteiger partial charge is 0.315 e. The van der Waals surface area contributed by atoms with Crippen LogP contribution in [0.4, 0.5) is 17.1 Å². The number of nitro benzene ring substituents is 1. The molecule has 1 aromatic carbocycles. The maximum absolute atomic E-state index is 11.1. The van der Waals surface area contributed by atoms with Crippen LogP contribution in [0.3, 0.4) is 0 Å². The van der Waals surface area contributed by atoms with E-state index in [0.717, 1.165) is 6.42 Å². The highest BCUT2D eigenvalue weighted by molar-refractivity contribution is 5.76. The largest absolute Gasteiger partial charge is 0.380 e. The Kier molecular flexibility index (Phi) is 4.75. The summed E-state index contributed by atoms with van der Waals surface area (Å²) in [7, 11) is 0. The van der Waals surface area contributed by atoms with Gasteiger partial charge in [-0.2, -0.15) is 0 Å². The third-order valence-corrected chi connectivity index (χ3v) is 2.60. The van der Waals surface area contributed by atoms with Gasteiger partial charge in [-0.3, -0.25) is 10.1 Å². The van der Waals surface area contributed by atoms with E-state index in [-0.39, 0.29) is 16.7 Å². The van der Waals surface area contributed by atoms with Gasteiger partial charge in [-0.25, -0.2) is 0 Å². The lowest BCUT2D eigenvalue weighted by Gasteiger charge is -2.14. The normalized spacial score (nSPS) is 11.9. The van der Waals surface area contributed by atoms with Gasteiger partial charge in [0.25, 0.3) is 0 Å². The van der Waals surface area contributed by atoms with E-state index >= 15 is 0 Å². The zero-order valence-electron chi connectivity index (χ0n) is 10.5. The number of benzene rings is 1. The summed E-state index contributed by atoms with van der Waals surface area (Å²) in [6.07, 6.45) is 0.919. The second-order valence-corrected chi connectivity index (χ2v) is 3.94. The van der Waals surface area contributed by atoms with Crippen LogP contribution >= 0.6 is 0 Å². The van der Waals surface area contributed by atoms with Crippen molar-refractivity contribution in [3.8, 4) is 0 Å². The molecular formula is C12H19N3O2. The van der Waals surface area contributed by atoms with Crippen molar-refractivity contribution in [3.05, 3.63) is 28.3 Å². The molecule has 5 heteroatoms. The Labute approximate surface area is 101 Å². The summed E-state index contributed by atoms with van der Waals surface area (Å²) < 4.78 is 0. The molecule has 0 aliphatic carbocycles. The summed E-state index contributed by atoms with van der Waals surface area (Å²) >= 11 is 0. The van der Waals surface area contributed by atoms with E-state index in [1.165, 1.54) is 0 Å². The summed E-state index contributed by atoms with van der Waals surface area (Å²) in [6, 6.07) is 5.50. The highest BCUT2D eigenvalue weighted by Gasteiger charge is 2.19. The Morgan fingerprint density at radius 3 is 2.53 bits per heavy atom. The first-order chi connectivity index (χ1) is 8.10. The standard InChI is InChI=1S/C12H19N3O2/c1-4-9(3)14-11-8-6-7-10(13-5-2)12(11)15(16)17/h6-9,13-14H,4-5H2,1-3H3. The van der Waals surface area contributed by atoms with Crippen LogP contribution in [0.25, 0.3) is 0 Å². The Balaban J connectivity index is 3.10. The molecule has 5 nitrogen and oxygen atoms in total. The molecule has 1 rings (SSSR count). The van der Waals surface area contributed by atoms with Crippen LogP contribution in [0.2, 0.25) is 0 Å². The molecule has 1 unspecified atom stereocenters. The Bertz CT molecular complexity index is 393. The molecule has 0 spiro atoms. The molecule has 1 aromatic rings. The molecule has 0 aromatic heterocycles. The fraction of sp³-hybridized carbons (Fsp3) is 0.500. The second-order valence-electron chi connectivity index (χ2n) is 3.94. The molecular weight excluding hydrogens is 218 g/mol. The third-order valence-electron chi connectivity index (χ3n) is 2.60. The van der Waals surface area contributed by atoms with Crippen LogP contribution in [-0.4, -0.2) is 17.5 Å². The van der Waals surface area contributed by atoms with Gasteiger partial charge in [-0.15, -0.1) is 0 Å². The van der Waals surface area contributed by atoms with Gasteiger partial charge in [-0.05, 0) is 32.4 Å². The molecule has 0 saturated carbocycles. The molecule has 0 bridgehead atoms. The van der Waals surface area contributed by atoms with Crippen LogP contribution in [0.1, 0.15) is 27.2 Å². The van der Waals surface area contributed by atoms with Gasteiger partial charge in [-0.1, -0.05) is 13.0 Å². The van der Waals surface area contributed by atoms with Crippen molar-refractivity contribution in [1.82, 2.24) is 0 Å². The average Bonchev–Trinajstić information content (AvgIpc) is 2.29. The minimum Gasteiger partial charge on any atom is -0.380 e. The van der Waals surface area contributed by atoms with Crippen molar-refractivity contribution in [2.75, 3.05) is 17.2 Å². The number of nitrogens with one attached hydrogen (secondary N) is 2. The van der Waals surface area contributed by atoms with Gasteiger partial charge >= 0.3 is 5.69 Å². The molecule has 0 amide bonds. The quantitative estimate of drug-likeness (QED) is 0.588. The number of para-hydroxylation sites is 1. The first kappa shape index (κ1) is 13.3. The van der Waals surface area contributed by atoms with Crippen LogP contribution in [0.5, 0.6) is 0 Å². The first-order valence-corrected chi connectivity index (χ1v) is 5.87. The predicted octanol–water partition coefficient (Wildman–Crippen LogP) is 3.24. The monoisotopic (exact) mass is 237 g/mol. The van der Waals surface area contributed by atoms with Crippen molar-refractivity contribution in [1.29, 1.82) is 0 Å². The predicted molar refractivity (Wildman–Crippen MR) is 70.6 cm³/mol. The summed E-state index contributed by atoms with van der Waals surface area (Å²) in [5.74, 6) is 0. The van der Waals surface area contributed by atoms with Crippen LogP contribution in [0.15, 0.2) is 18.2 Å². The molecule has 0 aliphatic rings. The first-order valence-electron chi connectivity index (χ1n) is 5.87. The van der Waals surface area contributed by atoms with Gasteiger partial charge in [0.1, 0.15) is 11.4 Å². The van der Waals surface area contributed by atoms with E-state index in [2.05, 4.69) is 10.6 Å². The maximum atomic E-state index is 11.1. The third kappa shape index (κ3) is 3.34. The van der Waals surface area contributed by atoms with Gasteiger partial charge < -0.3 is 10.6 Å². The van der Waals surface area contributed by atoms with Gasteiger partial charge in [0.2, 0.25) is 0 Å². The molecule has 0 aliphatic heterocycles. The SMILES string of the molecule is CCNc1cccc(NC(C)CC)c1[N+](=O)[O-]. The minimum atomic E-state index is -0.345. The number of hydrogen-bond donors (Lipinski definition) is 2. The van der Waals surface area contributed by atoms with Gasteiger partial charge in [0.15, 0.2) is 0 Å². The molecule has 0 saturated heterocycles. The lowest BCUT2D eigenvalue weighted by Crippen LogP contribution is -2.15. The number of nitro groups is 1. The van der Waals surface area contributed by atoms with Gasteiger partial charge in [0.05, 0.1) is 4.92 Å². The van der Waals surface area contributed by atoms with E-state index < -0.39 is 0 Å². The number of nitrogens with zero attached hydrogens (tertiary/aromatic N) is 1. The Morgan fingerprint density at radius 1 is 1.35 bits per heavy atom. The van der Waals surface area contributed by atoms with Crippen LogP contribution in [-0.2, 0) is 0 Å². The molecule has 0 radical (unpaired) electrons. The molecule has 0 fully saturated rings. The minimum absolute atomic E-state index is 0.120. The van der Waals surface area contributed by atoms with E-state index in [4.69, 9.17) is 0 Å². The van der Waals surface area contributed by atoms with Gasteiger partial charge in [0, 0.05) is 12.6 Å². The summed E-state index contributed by atoms with van der Waals surface area (Å²) in [6.45, 7) is 6.62. The Hall–Kier alpha value is -1.78. The van der Waals surface area contributed by atoms with Crippen LogP contribution < -0.4 is 10.6 Å². The number of hydrogen-bond acceptors (Lipinski definition) is 4. The second kappa shape index (κ2) is 6.08. The molecule has 0 heterocycles. The molecule has 94 valence electrons. The molecule has 17 heavy (non-hydrogen) atoms. The van der Waals surface area contributed by atoms with E-state index in [1.807, 2.05) is 26.8 Å². The number of rotatable bonds is 6. The summed E-state index contributed by atoms with van der Waals surface area (Å²) in [5.41, 5.74) is 1.25. The van der Waals surface area contributed by atoms with Crippen molar-refractivity contribution < 1.29 is 4.92 Å². The van der Waals surface area contributed by atoms with E-state index in [1.54, 1.807) is 12.1 Å². The van der Waals surface area contributed by atoms with Crippen molar-refractivity contribution >= 4 is 17.1 Å². The summed E-state index contributed by atoms with van der Waals surface area (Å²) in [5, 5.41) is 17.3. The average molecular weight is 237 g/mol. The highest BCUT2D eigenvalue weighted by atomic mass is 16.6. The van der Waals surface area contributed by atoms with E-state index in [0.29, 0.717) is 17.9 Å². The zero-order valence-corrected chi connectivity index (χ0v) is 10.5. The lowest BCUT2D eigenvalue weighted by atomic mass is 10.2. The highest BCUT2D eigenvalue weighted by Crippen LogP contribution is 2.33. The maximum Gasteiger partial charge on any atom is 0.315 e. The fourth-order valence-corrected chi connectivity index (χ4v) is 1.56. The number of anilines is 2. The molecule has 1 atom stereocenters.